The van der Waals surface area contributed by atoms with Gasteiger partial charge in [0.05, 0.1) is 6.54 Å². The van der Waals surface area contributed by atoms with Crippen LogP contribution in [0.3, 0.4) is 0 Å². The predicted octanol–water partition coefficient (Wildman–Crippen LogP) is 1.81. The summed E-state index contributed by atoms with van der Waals surface area (Å²) in [5.74, 6) is -0.646. The molecule has 2 rings (SSSR count). The Bertz CT molecular complexity index is 573. The van der Waals surface area contributed by atoms with Crippen LogP contribution in [0, 0.1) is 0 Å². The van der Waals surface area contributed by atoms with Crippen molar-refractivity contribution >= 4 is 33.7 Å². The highest BCUT2D eigenvalue weighted by atomic mass is 79.9. The van der Waals surface area contributed by atoms with Crippen molar-refractivity contribution < 1.29 is 14.4 Å². The molecule has 19 heavy (non-hydrogen) atoms. The normalized spacial score (nSPS) is 22.6. The number of hydrogen-bond acceptors (Lipinski definition) is 3. The standard InChI is InChI=1S/C13H13BrN2O3/c1-8(17)7-16-11(18)13(2,15-12(16)19)9-4-3-5-10(14)6-9/h3-6H,7H2,1-2H3,(H,15,19). The molecule has 1 fully saturated rings. The molecule has 100 valence electrons. The number of urea groups is 1. The van der Waals surface area contributed by atoms with Gasteiger partial charge in [0.1, 0.15) is 11.3 Å². The van der Waals surface area contributed by atoms with E-state index < -0.39 is 17.5 Å². The molecule has 1 saturated heterocycles. The molecule has 3 amide bonds. The topological polar surface area (TPSA) is 66.5 Å². The first-order chi connectivity index (χ1) is 8.84. The van der Waals surface area contributed by atoms with Crippen LogP contribution in [0.25, 0.3) is 0 Å². The second kappa shape index (κ2) is 4.77. The third-order valence-corrected chi connectivity index (χ3v) is 3.55. The maximum absolute atomic E-state index is 12.4. The number of Topliss-reactive ketones (excluding diaryl/α,β-unsaturated/α-hetero) is 1. The number of halogens is 1. The minimum Gasteiger partial charge on any atom is -0.319 e. The van der Waals surface area contributed by atoms with Gasteiger partial charge in [-0.15, -0.1) is 0 Å². The van der Waals surface area contributed by atoms with Crippen LogP contribution in [0.1, 0.15) is 19.4 Å². The summed E-state index contributed by atoms with van der Waals surface area (Å²) in [6.07, 6.45) is 0. The van der Waals surface area contributed by atoms with E-state index in [4.69, 9.17) is 0 Å². The number of nitrogens with one attached hydrogen (secondary N) is 1. The van der Waals surface area contributed by atoms with Crippen LogP contribution >= 0.6 is 15.9 Å². The van der Waals surface area contributed by atoms with Crippen LogP contribution < -0.4 is 5.32 Å². The quantitative estimate of drug-likeness (QED) is 0.862. The van der Waals surface area contributed by atoms with Gasteiger partial charge in [0.25, 0.3) is 5.91 Å². The summed E-state index contributed by atoms with van der Waals surface area (Å²) in [4.78, 5) is 36.2. The maximum atomic E-state index is 12.4. The number of hydrogen-bond donors (Lipinski definition) is 1. The number of carbonyl (C=O) groups excluding carboxylic acids is 3. The van der Waals surface area contributed by atoms with Gasteiger partial charge in [-0.25, -0.2) is 4.79 Å². The zero-order chi connectivity index (χ0) is 14.2. The Labute approximate surface area is 119 Å². The molecule has 0 aliphatic carbocycles. The van der Waals surface area contributed by atoms with Crippen molar-refractivity contribution in [1.82, 2.24) is 10.2 Å². The highest BCUT2D eigenvalue weighted by molar-refractivity contribution is 9.10. The molecule has 1 N–H and O–H groups in total. The maximum Gasteiger partial charge on any atom is 0.325 e. The Hall–Kier alpha value is -1.69. The van der Waals surface area contributed by atoms with Gasteiger partial charge in [-0.2, -0.15) is 0 Å². The Morgan fingerprint density at radius 1 is 1.42 bits per heavy atom. The molecule has 1 aromatic rings. The molecule has 0 bridgehead atoms. The molecule has 1 heterocycles. The van der Waals surface area contributed by atoms with Crippen LogP contribution in [-0.2, 0) is 15.1 Å². The van der Waals surface area contributed by atoms with E-state index in [1.54, 1.807) is 25.1 Å². The molecule has 6 heteroatoms. The first-order valence-electron chi connectivity index (χ1n) is 5.74. The average Bonchev–Trinajstić information content (AvgIpc) is 2.54. The van der Waals surface area contributed by atoms with Gasteiger partial charge >= 0.3 is 6.03 Å². The first-order valence-corrected chi connectivity index (χ1v) is 6.53. The average molecular weight is 325 g/mol. The van der Waals surface area contributed by atoms with Crippen molar-refractivity contribution in [3.8, 4) is 0 Å². The number of rotatable bonds is 3. The van der Waals surface area contributed by atoms with Gasteiger partial charge in [-0.3, -0.25) is 14.5 Å². The number of ketones is 1. The Morgan fingerprint density at radius 2 is 2.11 bits per heavy atom. The molecule has 0 aromatic heterocycles. The smallest absolute Gasteiger partial charge is 0.319 e. The van der Waals surface area contributed by atoms with E-state index in [1.807, 2.05) is 6.07 Å². The summed E-state index contributed by atoms with van der Waals surface area (Å²) in [5, 5.41) is 2.64. The minimum atomic E-state index is -1.13. The third-order valence-electron chi connectivity index (χ3n) is 3.06. The molecule has 0 saturated carbocycles. The second-order valence-corrected chi connectivity index (χ2v) is 5.57. The van der Waals surface area contributed by atoms with Gasteiger partial charge in [0.2, 0.25) is 0 Å². The van der Waals surface area contributed by atoms with Crippen LogP contribution in [0.5, 0.6) is 0 Å². The number of nitrogens with zero attached hydrogens (tertiary/aromatic N) is 1. The van der Waals surface area contributed by atoms with E-state index in [2.05, 4.69) is 21.2 Å². The van der Waals surface area contributed by atoms with Crippen LogP contribution in [-0.4, -0.2) is 29.2 Å². The highest BCUT2D eigenvalue weighted by Crippen LogP contribution is 2.30. The molecule has 1 aliphatic rings. The zero-order valence-electron chi connectivity index (χ0n) is 10.6. The van der Waals surface area contributed by atoms with Crippen molar-refractivity contribution in [2.24, 2.45) is 0 Å². The number of benzene rings is 1. The summed E-state index contributed by atoms with van der Waals surface area (Å²) in [5.41, 5.74) is -0.456. The number of carbonyl (C=O) groups is 3. The van der Waals surface area contributed by atoms with Crippen molar-refractivity contribution in [2.45, 2.75) is 19.4 Å². The van der Waals surface area contributed by atoms with Gasteiger partial charge in [-0.1, -0.05) is 28.1 Å². The first kappa shape index (κ1) is 13.7. The molecule has 1 unspecified atom stereocenters. The lowest BCUT2D eigenvalue weighted by molar-refractivity contribution is -0.133. The molecule has 0 spiro atoms. The van der Waals surface area contributed by atoms with E-state index >= 15 is 0 Å². The molecular formula is C13H13BrN2O3. The minimum absolute atomic E-state index is 0.200. The van der Waals surface area contributed by atoms with Crippen molar-refractivity contribution in [3.05, 3.63) is 34.3 Å². The van der Waals surface area contributed by atoms with Crippen LogP contribution in [0.15, 0.2) is 28.7 Å². The second-order valence-electron chi connectivity index (χ2n) is 4.66. The SMILES string of the molecule is CC(=O)CN1C(=O)NC(C)(c2cccc(Br)c2)C1=O. The Morgan fingerprint density at radius 3 is 2.68 bits per heavy atom. The zero-order valence-corrected chi connectivity index (χ0v) is 12.2. The molecule has 5 nitrogen and oxygen atoms in total. The lowest BCUT2D eigenvalue weighted by Gasteiger charge is -2.22. The fourth-order valence-electron chi connectivity index (χ4n) is 2.06. The third kappa shape index (κ3) is 2.40. The van der Waals surface area contributed by atoms with Gasteiger partial charge in [0, 0.05) is 4.47 Å². The van der Waals surface area contributed by atoms with Gasteiger partial charge in [0.15, 0.2) is 0 Å². The Kier molecular flexibility index (Phi) is 3.45. The molecular weight excluding hydrogens is 312 g/mol. The van der Waals surface area contributed by atoms with Crippen LogP contribution in [0.2, 0.25) is 0 Å². The van der Waals surface area contributed by atoms with Gasteiger partial charge in [-0.05, 0) is 31.5 Å². The predicted molar refractivity (Wildman–Crippen MR) is 72.4 cm³/mol. The summed E-state index contributed by atoms with van der Waals surface area (Å²) in [7, 11) is 0. The van der Waals surface area contributed by atoms with E-state index in [1.165, 1.54) is 6.92 Å². The van der Waals surface area contributed by atoms with Crippen molar-refractivity contribution in [3.63, 3.8) is 0 Å². The monoisotopic (exact) mass is 324 g/mol. The van der Waals surface area contributed by atoms with Crippen LogP contribution in [0.4, 0.5) is 4.79 Å². The molecule has 0 radical (unpaired) electrons. The van der Waals surface area contributed by atoms with Gasteiger partial charge < -0.3 is 5.32 Å². The number of amides is 3. The van der Waals surface area contributed by atoms with E-state index in [0.717, 1.165) is 9.37 Å². The lowest BCUT2D eigenvalue weighted by Crippen LogP contribution is -2.41. The molecule has 1 atom stereocenters. The highest BCUT2D eigenvalue weighted by Gasteiger charge is 2.49. The Balaban J connectivity index is 2.38. The fraction of sp³-hybridized carbons (Fsp3) is 0.308. The van der Waals surface area contributed by atoms with E-state index in [9.17, 15) is 14.4 Å². The summed E-state index contributed by atoms with van der Waals surface area (Å²) in [6, 6.07) is 6.62. The summed E-state index contributed by atoms with van der Waals surface area (Å²) in [6.45, 7) is 2.78. The van der Waals surface area contributed by atoms with Crippen molar-refractivity contribution in [2.75, 3.05) is 6.54 Å². The van der Waals surface area contributed by atoms with Crippen molar-refractivity contribution in [1.29, 1.82) is 0 Å². The summed E-state index contributed by atoms with van der Waals surface area (Å²) < 4.78 is 0.818. The summed E-state index contributed by atoms with van der Waals surface area (Å²) >= 11 is 3.33. The fourth-order valence-corrected chi connectivity index (χ4v) is 2.46. The molecule has 1 aromatic carbocycles. The largest absolute Gasteiger partial charge is 0.325 e. The van der Waals surface area contributed by atoms with E-state index in [0.29, 0.717) is 5.56 Å². The van der Waals surface area contributed by atoms with E-state index in [-0.39, 0.29) is 12.3 Å². The molecule has 1 aliphatic heterocycles. The number of imide groups is 1. The lowest BCUT2D eigenvalue weighted by atomic mass is 9.92.